The molecule has 1 N–H and O–H groups in total. The lowest BCUT2D eigenvalue weighted by molar-refractivity contribution is -0.116. The van der Waals surface area contributed by atoms with Gasteiger partial charge in [0.1, 0.15) is 18.2 Å². The van der Waals surface area contributed by atoms with Gasteiger partial charge in [-0.15, -0.1) is 0 Å². The van der Waals surface area contributed by atoms with Crippen LogP contribution in [0.25, 0.3) is 0 Å². The number of amides is 1. The van der Waals surface area contributed by atoms with Crippen molar-refractivity contribution < 1.29 is 9.53 Å². The molecule has 7 heteroatoms. The molecule has 0 unspecified atom stereocenters. The van der Waals surface area contributed by atoms with Crippen LogP contribution in [0.15, 0.2) is 71.1 Å². The van der Waals surface area contributed by atoms with Gasteiger partial charge in [-0.3, -0.25) is 9.59 Å². The smallest absolute Gasteiger partial charge is 0.279 e. The maximum absolute atomic E-state index is 13.2. The van der Waals surface area contributed by atoms with Crippen molar-refractivity contribution in [1.82, 2.24) is 9.55 Å². The first-order chi connectivity index (χ1) is 15.5. The number of thioether (sulfide) groups is 1. The van der Waals surface area contributed by atoms with Gasteiger partial charge in [-0.2, -0.15) is 4.98 Å². The van der Waals surface area contributed by atoms with Crippen LogP contribution in [-0.4, -0.2) is 22.1 Å². The zero-order valence-electron chi connectivity index (χ0n) is 18.1. The monoisotopic (exact) mass is 447 g/mol. The lowest BCUT2D eigenvalue weighted by atomic mass is 9.86. The Kier molecular flexibility index (Phi) is 6.46. The SMILES string of the molecule is C=CCOc1ccccc1[C@H]1CC(=O)Nc2c1c(=O)nc(SCc1ccccc1C)n2C. The number of fused-ring (bicyclic) bond motifs is 1. The topological polar surface area (TPSA) is 73.2 Å². The number of ether oxygens (including phenoxy) is 1. The number of nitrogens with one attached hydrogen (secondary N) is 1. The third-order valence-electron chi connectivity index (χ3n) is 5.57. The highest BCUT2D eigenvalue weighted by molar-refractivity contribution is 7.98. The number of aryl methyl sites for hydroxylation is 1. The molecule has 1 amide bonds. The molecule has 0 saturated heterocycles. The normalized spacial score (nSPS) is 15.1. The van der Waals surface area contributed by atoms with Gasteiger partial charge in [0.25, 0.3) is 5.56 Å². The van der Waals surface area contributed by atoms with Crippen LogP contribution < -0.4 is 15.6 Å². The molecule has 3 aromatic rings. The number of hydrogen-bond acceptors (Lipinski definition) is 5. The Labute approximate surface area is 191 Å². The fourth-order valence-corrected chi connectivity index (χ4v) is 4.93. The van der Waals surface area contributed by atoms with Gasteiger partial charge in [0.15, 0.2) is 5.16 Å². The number of anilines is 1. The van der Waals surface area contributed by atoms with E-state index in [2.05, 4.69) is 35.9 Å². The van der Waals surface area contributed by atoms with E-state index < -0.39 is 5.92 Å². The number of carbonyl (C=O) groups excluding carboxylic acids is 1. The minimum absolute atomic E-state index is 0.142. The molecule has 6 nitrogen and oxygen atoms in total. The standard InChI is InChI=1S/C25H25N3O3S/c1-4-13-31-20-12-8-7-11-18(20)19-14-21(29)26-23-22(19)24(30)27-25(28(23)3)32-15-17-10-6-5-9-16(17)2/h4-12,19H,1,13-15H2,2-3H3,(H,26,29)/t19-/m1/s1. The maximum atomic E-state index is 13.2. The summed E-state index contributed by atoms with van der Waals surface area (Å²) in [6.45, 7) is 6.09. The van der Waals surface area contributed by atoms with E-state index in [-0.39, 0.29) is 17.9 Å². The van der Waals surface area contributed by atoms with Gasteiger partial charge in [-0.25, -0.2) is 0 Å². The summed E-state index contributed by atoms with van der Waals surface area (Å²) in [6, 6.07) is 15.6. The van der Waals surface area contributed by atoms with Gasteiger partial charge in [-0.1, -0.05) is 66.9 Å². The molecule has 0 radical (unpaired) electrons. The molecule has 2 heterocycles. The maximum Gasteiger partial charge on any atom is 0.279 e. The van der Waals surface area contributed by atoms with Crippen LogP contribution in [0.4, 0.5) is 5.82 Å². The Morgan fingerprint density at radius 1 is 1.22 bits per heavy atom. The zero-order chi connectivity index (χ0) is 22.7. The van der Waals surface area contributed by atoms with Gasteiger partial charge in [0, 0.05) is 30.7 Å². The molecule has 1 aliphatic heterocycles. The second kappa shape index (κ2) is 9.44. The minimum Gasteiger partial charge on any atom is -0.489 e. The largest absolute Gasteiger partial charge is 0.489 e. The summed E-state index contributed by atoms with van der Waals surface area (Å²) in [5, 5.41) is 3.46. The fraction of sp³-hybridized carbons (Fsp3) is 0.240. The van der Waals surface area contributed by atoms with Crippen LogP contribution in [0.5, 0.6) is 5.75 Å². The van der Waals surface area contributed by atoms with E-state index in [9.17, 15) is 9.59 Å². The summed E-state index contributed by atoms with van der Waals surface area (Å²) in [5.74, 6) is 1.25. The number of hydrogen-bond donors (Lipinski definition) is 1. The molecular formula is C25H25N3O3S. The molecule has 32 heavy (non-hydrogen) atoms. The van der Waals surface area contributed by atoms with E-state index >= 15 is 0 Å². The van der Waals surface area contributed by atoms with Crippen LogP contribution in [0.1, 0.15) is 34.6 Å². The van der Waals surface area contributed by atoms with Gasteiger partial charge in [-0.05, 0) is 24.1 Å². The molecule has 0 aliphatic carbocycles. The van der Waals surface area contributed by atoms with E-state index in [1.165, 1.54) is 22.9 Å². The predicted molar refractivity (Wildman–Crippen MR) is 127 cm³/mol. The summed E-state index contributed by atoms with van der Waals surface area (Å²) in [6.07, 6.45) is 1.82. The summed E-state index contributed by atoms with van der Waals surface area (Å²) in [4.78, 5) is 30.2. The van der Waals surface area contributed by atoms with Crippen molar-refractivity contribution in [3.05, 3.63) is 93.8 Å². The van der Waals surface area contributed by atoms with Crippen molar-refractivity contribution in [2.75, 3.05) is 11.9 Å². The van der Waals surface area contributed by atoms with Gasteiger partial charge in [0.05, 0.1) is 5.56 Å². The lowest BCUT2D eigenvalue weighted by Gasteiger charge is -2.28. The second-order valence-corrected chi connectivity index (χ2v) is 8.62. The molecule has 164 valence electrons. The third-order valence-corrected chi connectivity index (χ3v) is 6.65. The highest BCUT2D eigenvalue weighted by Gasteiger charge is 2.33. The highest BCUT2D eigenvalue weighted by atomic mass is 32.2. The fourth-order valence-electron chi connectivity index (χ4n) is 3.89. The van der Waals surface area contributed by atoms with E-state index in [1.807, 2.05) is 43.4 Å². The summed E-state index contributed by atoms with van der Waals surface area (Å²) >= 11 is 1.48. The Morgan fingerprint density at radius 2 is 1.97 bits per heavy atom. The van der Waals surface area contributed by atoms with Crippen molar-refractivity contribution in [3.8, 4) is 5.75 Å². The molecule has 1 atom stereocenters. The Morgan fingerprint density at radius 3 is 2.75 bits per heavy atom. The average Bonchev–Trinajstić information content (AvgIpc) is 2.79. The van der Waals surface area contributed by atoms with Gasteiger partial charge >= 0.3 is 0 Å². The second-order valence-electron chi connectivity index (χ2n) is 7.68. The number of rotatable bonds is 7. The van der Waals surface area contributed by atoms with Crippen molar-refractivity contribution in [2.24, 2.45) is 7.05 Å². The summed E-state index contributed by atoms with van der Waals surface area (Å²) in [5.41, 5.74) is 3.33. The molecule has 0 saturated carbocycles. The number of nitrogens with zero attached hydrogens (tertiary/aromatic N) is 2. The molecule has 1 aromatic heterocycles. The third kappa shape index (κ3) is 4.34. The van der Waals surface area contributed by atoms with Crippen LogP contribution >= 0.6 is 11.8 Å². The molecule has 1 aliphatic rings. The van der Waals surface area contributed by atoms with Crippen LogP contribution in [-0.2, 0) is 17.6 Å². The van der Waals surface area contributed by atoms with E-state index in [1.54, 1.807) is 10.6 Å². The predicted octanol–water partition coefficient (Wildman–Crippen LogP) is 4.42. The molecule has 0 fully saturated rings. The van der Waals surface area contributed by atoms with E-state index in [4.69, 9.17) is 4.74 Å². The van der Waals surface area contributed by atoms with Gasteiger partial charge < -0.3 is 14.6 Å². The zero-order valence-corrected chi connectivity index (χ0v) is 18.9. The summed E-state index contributed by atoms with van der Waals surface area (Å²) in [7, 11) is 1.83. The molecule has 2 aromatic carbocycles. The Balaban J connectivity index is 1.73. The highest BCUT2D eigenvalue weighted by Crippen LogP contribution is 2.39. The van der Waals surface area contributed by atoms with Crippen LogP contribution in [0.2, 0.25) is 0 Å². The number of benzene rings is 2. The number of aromatic nitrogens is 2. The first-order valence-corrected chi connectivity index (χ1v) is 11.4. The summed E-state index contributed by atoms with van der Waals surface area (Å²) < 4.78 is 7.60. The number of para-hydroxylation sites is 1. The van der Waals surface area contributed by atoms with Crippen molar-refractivity contribution >= 4 is 23.5 Å². The average molecular weight is 448 g/mol. The van der Waals surface area contributed by atoms with E-state index in [0.717, 1.165) is 5.56 Å². The number of carbonyl (C=O) groups is 1. The first-order valence-electron chi connectivity index (χ1n) is 10.4. The van der Waals surface area contributed by atoms with E-state index in [0.29, 0.717) is 34.6 Å². The van der Waals surface area contributed by atoms with Crippen molar-refractivity contribution in [1.29, 1.82) is 0 Å². The lowest BCUT2D eigenvalue weighted by Crippen LogP contribution is -2.33. The van der Waals surface area contributed by atoms with Crippen LogP contribution in [0.3, 0.4) is 0 Å². The molecule has 0 spiro atoms. The van der Waals surface area contributed by atoms with Crippen molar-refractivity contribution in [2.45, 2.75) is 30.2 Å². The Hall–Kier alpha value is -3.32. The van der Waals surface area contributed by atoms with Crippen molar-refractivity contribution in [3.63, 3.8) is 0 Å². The minimum atomic E-state index is -0.429. The van der Waals surface area contributed by atoms with Crippen LogP contribution in [0, 0.1) is 6.92 Å². The quantitative estimate of drug-likeness (QED) is 0.330. The first kappa shape index (κ1) is 21.9. The molecule has 0 bridgehead atoms. The Bertz CT molecular complexity index is 1240. The molecule has 4 rings (SSSR count). The van der Waals surface area contributed by atoms with Gasteiger partial charge in [0.2, 0.25) is 5.91 Å². The molecular weight excluding hydrogens is 422 g/mol.